The van der Waals surface area contributed by atoms with Gasteiger partial charge in [-0.05, 0) is 13.8 Å². The van der Waals surface area contributed by atoms with Crippen LogP contribution in [0.3, 0.4) is 0 Å². The van der Waals surface area contributed by atoms with Crippen molar-refractivity contribution in [1.82, 2.24) is 73.4 Å². The first-order chi connectivity index (χ1) is 24.7. The van der Waals surface area contributed by atoms with Crippen molar-refractivity contribution in [1.29, 1.82) is 0 Å². The molecule has 27 nitrogen and oxygen atoms in total. The predicted molar refractivity (Wildman–Crippen MR) is 184 cm³/mol. The van der Waals surface area contributed by atoms with E-state index in [1.165, 1.54) is 46.3 Å². The second-order valence-electron chi connectivity index (χ2n) is 10.1. The molecule has 7 N–H and O–H groups in total. The minimum Gasteiger partial charge on any atom is -0.416 e. The highest BCUT2D eigenvalue weighted by Gasteiger charge is 2.29. The van der Waals surface area contributed by atoms with Gasteiger partial charge in [0.2, 0.25) is 11.8 Å². The Morgan fingerprint density at radius 1 is 0.887 bits per heavy atom. The summed E-state index contributed by atoms with van der Waals surface area (Å²) in [6, 6.07) is -0.310. The van der Waals surface area contributed by atoms with Crippen LogP contribution in [0.5, 0.6) is 0 Å². The molecular weight excluding hydrogens is 752 g/mol. The van der Waals surface area contributed by atoms with E-state index in [0.29, 0.717) is 12.5 Å². The number of nitrogens with zero attached hydrogens (tertiary/aromatic N) is 9. The molecule has 0 atom stereocenters. The molecule has 4 aromatic heterocycles. The summed E-state index contributed by atoms with van der Waals surface area (Å²) in [5, 5.41) is 19.3. The Bertz CT molecular complexity index is 2060. The smallest absolute Gasteiger partial charge is 0.416 e. The standard InChI is InChI=1S/C4H7N3O.C4H6N2O2.C4H5NO2.2C3H5N3O.C3H6N2O3S.C3H4N2OS/c1-7-3-5-4(8)2-6-7;1-6-2-3(7)5-4(6)8;1-3-2-7-4(6)5-3;1-6-2-4-5-3(6)7;1-6-3(7)4-2-5-6;1-5-2-3(6)4-9(5,7)8;1-2-4-3(6)7-5-2/h2H,3H2,1H3,(H,5,8);2H2,1H3,(H,5,7,8);2H,1H3,(H,5,6);2H,1H3,(H,5,7);2H,1H3,(H,4,5,7);2H2,1H3,(H,4,6);1H3,(H,4,5,6). The number of aryl methyl sites for hydroxylation is 4. The zero-order valence-electron chi connectivity index (χ0n) is 29.3. The molecule has 53 heavy (non-hydrogen) atoms. The molecule has 7 heterocycles. The summed E-state index contributed by atoms with van der Waals surface area (Å²) in [7, 11) is 4.47. The van der Waals surface area contributed by atoms with Gasteiger partial charge in [0.05, 0.1) is 12.2 Å². The number of carbonyl (C=O) groups is 4. The maximum absolute atomic E-state index is 10.6. The van der Waals surface area contributed by atoms with E-state index in [9.17, 15) is 46.8 Å². The van der Waals surface area contributed by atoms with Gasteiger partial charge in [0, 0.05) is 46.8 Å². The van der Waals surface area contributed by atoms with Gasteiger partial charge in [-0.25, -0.2) is 33.7 Å². The van der Waals surface area contributed by atoms with E-state index < -0.39 is 21.9 Å². The Kier molecular flexibility index (Phi) is 18.2. The first-order valence-electron chi connectivity index (χ1n) is 14.3. The fourth-order valence-corrected chi connectivity index (χ4v) is 4.05. The normalized spacial score (nSPS) is 15.1. The van der Waals surface area contributed by atoms with Crippen molar-refractivity contribution in [2.45, 2.75) is 13.8 Å². The van der Waals surface area contributed by atoms with Gasteiger partial charge in [0.15, 0.2) is 0 Å². The molecule has 0 aliphatic carbocycles. The lowest BCUT2D eigenvalue weighted by atomic mass is 10.6. The van der Waals surface area contributed by atoms with Crippen LogP contribution in [-0.4, -0.2) is 137 Å². The number of hydrogen-bond acceptors (Lipinski definition) is 17. The highest BCUT2D eigenvalue weighted by Crippen LogP contribution is 1.99. The lowest BCUT2D eigenvalue weighted by molar-refractivity contribution is -0.119. The van der Waals surface area contributed by atoms with Gasteiger partial charge in [-0.1, -0.05) is 0 Å². The Hall–Kier alpha value is -6.49. The number of amides is 5. The number of likely N-dealkylation sites (N-methyl/N-ethyl adjacent to an activating group) is 2. The minimum atomic E-state index is -3.44. The van der Waals surface area contributed by atoms with E-state index in [4.69, 9.17) is 0 Å². The highest BCUT2D eigenvalue weighted by molar-refractivity contribution is 7.88. The number of rotatable bonds is 0. The first kappa shape index (κ1) is 44.5. The number of imide groups is 1. The number of hydrazone groups is 1. The lowest BCUT2D eigenvalue weighted by Gasteiger charge is -2.15. The van der Waals surface area contributed by atoms with Gasteiger partial charge >= 0.3 is 38.2 Å². The van der Waals surface area contributed by atoms with Gasteiger partial charge in [0.25, 0.3) is 5.91 Å². The topological polar surface area (TPSA) is 354 Å². The lowest BCUT2D eigenvalue weighted by Crippen LogP contribution is -2.38. The van der Waals surface area contributed by atoms with Crippen LogP contribution < -0.4 is 37.4 Å². The molecule has 0 aromatic carbocycles. The van der Waals surface area contributed by atoms with E-state index in [0.717, 1.165) is 21.5 Å². The van der Waals surface area contributed by atoms with Crippen molar-refractivity contribution >= 4 is 51.7 Å². The second-order valence-corrected chi connectivity index (χ2v) is 12.6. The molecule has 4 aromatic rings. The number of oxazole rings is 1. The van der Waals surface area contributed by atoms with Crippen LogP contribution in [0, 0.1) is 13.8 Å². The average molecular weight is 791 g/mol. The number of carbonyl (C=O) groups excluding carboxylic acids is 4. The number of urea groups is 1. The van der Waals surface area contributed by atoms with E-state index in [1.54, 1.807) is 51.8 Å². The fraction of sp³-hybridized carbons (Fsp3) is 0.417. The van der Waals surface area contributed by atoms with Crippen LogP contribution in [0.15, 0.2) is 47.6 Å². The van der Waals surface area contributed by atoms with Crippen LogP contribution in [-0.2, 0) is 38.7 Å². The molecule has 0 bridgehead atoms. The zero-order valence-corrected chi connectivity index (χ0v) is 30.9. The van der Waals surface area contributed by atoms with Gasteiger partial charge in [0.1, 0.15) is 44.2 Å². The third kappa shape index (κ3) is 18.4. The van der Waals surface area contributed by atoms with Crippen molar-refractivity contribution in [3.8, 4) is 0 Å². The molecule has 2 fully saturated rings. The number of nitrogens with one attached hydrogen (secondary N) is 7. The third-order valence-electron chi connectivity index (χ3n) is 5.46. The molecule has 292 valence electrons. The number of aromatic amines is 4. The molecule has 5 amide bonds. The van der Waals surface area contributed by atoms with E-state index in [2.05, 4.69) is 54.8 Å². The van der Waals surface area contributed by atoms with Crippen LogP contribution in [0.25, 0.3) is 0 Å². The largest absolute Gasteiger partial charge is 0.416 e. The van der Waals surface area contributed by atoms with Crippen molar-refractivity contribution < 1.29 is 32.0 Å². The van der Waals surface area contributed by atoms with Crippen LogP contribution in [0.1, 0.15) is 11.5 Å². The fourth-order valence-electron chi connectivity index (χ4n) is 2.80. The summed E-state index contributed by atoms with van der Waals surface area (Å²) in [5.74, 6) is -0.523. The number of aromatic nitrogens is 9. The van der Waals surface area contributed by atoms with E-state index in [-0.39, 0.29) is 47.2 Å². The molecule has 0 radical (unpaired) electrons. The Balaban J connectivity index is 0.000000310. The monoisotopic (exact) mass is 790 g/mol. The van der Waals surface area contributed by atoms with Gasteiger partial charge < -0.3 is 14.6 Å². The average Bonchev–Trinajstić information content (AvgIpc) is 3.93. The second kappa shape index (κ2) is 21.7. The van der Waals surface area contributed by atoms with Crippen LogP contribution in [0.4, 0.5) is 4.79 Å². The Morgan fingerprint density at radius 3 is 1.74 bits per heavy atom. The van der Waals surface area contributed by atoms with Gasteiger partial charge in [-0.2, -0.15) is 32.4 Å². The third-order valence-corrected chi connectivity index (χ3v) is 7.53. The molecule has 0 unspecified atom stereocenters. The SMILES string of the molecule is CN1CC(=O)NC1=O.CN1CC(=O)NS1(=O)=O.CN1CNC(=O)C=N1.Cc1coc(=O)[nH]1.Cc1nsc(=O)[nH]1.Cn1cn[nH]c1=O.Cn1nc[nH]c1=O. The van der Waals surface area contributed by atoms with Crippen molar-refractivity contribution in [3.05, 3.63) is 71.6 Å². The molecule has 3 aliphatic heterocycles. The summed E-state index contributed by atoms with van der Waals surface area (Å²) < 4.78 is 34.5. The van der Waals surface area contributed by atoms with Gasteiger partial charge in [-0.3, -0.25) is 49.0 Å². The zero-order chi connectivity index (χ0) is 40.3. The molecule has 2 saturated heterocycles. The van der Waals surface area contributed by atoms with Crippen LogP contribution >= 0.6 is 11.5 Å². The molecular formula is C24H38N16O11S2. The predicted octanol–water partition coefficient (Wildman–Crippen LogP) is -4.91. The van der Waals surface area contributed by atoms with Crippen molar-refractivity contribution in [2.75, 3.05) is 40.9 Å². The summed E-state index contributed by atoms with van der Waals surface area (Å²) in [6.45, 7) is 4.14. The van der Waals surface area contributed by atoms with Crippen molar-refractivity contribution in [2.24, 2.45) is 19.2 Å². The van der Waals surface area contributed by atoms with Crippen molar-refractivity contribution in [3.63, 3.8) is 0 Å². The molecule has 7 rings (SSSR count). The number of hydrogen-bond donors (Lipinski definition) is 7. The summed E-state index contributed by atoms with van der Waals surface area (Å²) >= 11 is 0.943. The summed E-state index contributed by atoms with van der Waals surface area (Å²) in [5.41, 5.74) is 0.394. The molecule has 0 saturated carbocycles. The van der Waals surface area contributed by atoms with E-state index in [1.807, 2.05) is 0 Å². The number of H-pyrrole nitrogens is 4. The van der Waals surface area contributed by atoms with Crippen LogP contribution in [0.2, 0.25) is 0 Å². The maximum atomic E-state index is 10.6. The first-order valence-corrected chi connectivity index (χ1v) is 16.6. The molecule has 3 aliphatic rings. The maximum Gasteiger partial charge on any atom is 0.416 e. The highest BCUT2D eigenvalue weighted by atomic mass is 32.2. The Morgan fingerprint density at radius 2 is 1.57 bits per heavy atom. The quantitative estimate of drug-likeness (QED) is 0.0821. The van der Waals surface area contributed by atoms with Gasteiger partial charge in [-0.15, -0.1) is 0 Å². The molecule has 0 spiro atoms. The summed E-state index contributed by atoms with van der Waals surface area (Å²) in [4.78, 5) is 90.6. The molecule has 29 heteroatoms. The van der Waals surface area contributed by atoms with E-state index >= 15 is 0 Å². The summed E-state index contributed by atoms with van der Waals surface area (Å²) in [6.07, 6.45) is 5.40. The Labute approximate surface area is 302 Å². The minimum absolute atomic E-state index is 0.0671.